The number of anilines is 1. The van der Waals surface area contributed by atoms with Gasteiger partial charge in [0.15, 0.2) is 5.78 Å². The standard InChI is InChI=1S/C27H23N3O4S/c1-16-7-12-21-20(13-16)27(26(32)28-21)24(25(31)18-5-3-2-4-6-18)23(22-14-35-15-29(22)27)17-8-10-19(11-9-17)30(33)34/h2-13,22-24H,14-15H2,1H3,(H,28,32)/t22-,23-,24+,27-/m1/s1. The number of thioether (sulfide) groups is 1. The number of benzene rings is 3. The van der Waals surface area contributed by atoms with Crippen LogP contribution in [0.4, 0.5) is 11.4 Å². The minimum Gasteiger partial charge on any atom is -0.324 e. The molecule has 6 rings (SSSR count). The number of fused-ring (bicyclic) bond motifs is 4. The lowest BCUT2D eigenvalue weighted by atomic mass is 9.69. The number of Topliss-reactive ketones (excluding diaryl/α,β-unsaturated/α-hetero) is 1. The minimum absolute atomic E-state index is 0.00429. The predicted octanol–water partition coefficient (Wildman–Crippen LogP) is 4.72. The summed E-state index contributed by atoms with van der Waals surface area (Å²) in [5, 5.41) is 14.3. The van der Waals surface area contributed by atoms with Crippen LogP contribution >= 0.6 is 11.8 Å². The molecular weight excluding hydrogens is 462 g/mol. The van der Waals surface area contributed by atoms with Crippen molar-refractivity contribution in [1.82, 2.24) is 4.90 Å². The van der Waals surface area contributed by atoms with Gasteiger partial charge in [0.1, 0.15) is 5.54 Å². The second-order valence-electron chi connectivity index (χ2n) is 9.39. The van der Waals surface area contributed by atoms with Crippen LogP contribution < -0.4 is 5.32 Å². The first-order chi connectivity index (χ1) is 16.9. The topological polar surface area (TPSA) is 92.5 Å². The van der Waals surface area contributed by atoms with E-state index in [1.165, 1.54) is 12.1 Å². The summed E-state index contributed by atoms with van der Waals surface area (Å²) in [5.41, 5.74) is 2.87. The average Bonchev–Trinajstić information content (AvgIpc) is 3.53. The van der Waals surface area contributed by atoms with E-state index < -0.39 is 16.4 Å². The number of nitro benzene ring substituents is 1. The van der Waals surface area contributed by atoms with Crippen molar-refractivity contribution < 1.29 is 14.5 Å². The van der Waals surface area contributed by atoms with Crippen LogP contribution in [-0.4, -0.2) is 39.2 Å². The molecule has 176 valence electrons. The van der Waals surface area contributed by atoms with Crippen molar-refractivity contribution in [3.63, 3.8) is 0 Å². The van der Waals surface area contributed by atoms with E-state index in [4.69, 9.17) is 0 Å². The number of hydrogen-bond donors (Lipinski definition) is 1. The quantitative estimate of drug-likeness (QED) is 0.327. The van der Waals surface area contributed by atoms with Crippen LogP contribution in [0.2, 0.25) is 0 Å². The summed E-state index contributed by atoms with van der Waals surface area (Å²) in [4.78, 5) is 41.3. The average molecular weight is 486 g/mol. The zero-order valence-corrected chi connectivity index (χ0v) is 19.8. The molecule has 0 unspecified atom stereocenters. The molecule has 3 aliphatic rings. The zero-order valence-electron chi connectivity index (χ0n) is 19.0. The molecule has 0 bridgehead atoms. The lowest BCUT2D eigenvalue weighted by Gasteiger charge is -2.36. The Bertz CT molecular complexity index is 1360. The Morgan fingerprint density at radius 2 is 1.86 bits per heavy atom. The van der Waals surface area contributed by atoms with E-state index >= 15 is 0 Å². The van der Waals surface area contributed by atoms with E-state index in [1.54, 1.807) is 36.0 Å². The Balaban J connectivity index is 1.60. The largest absolute Gasteiger partial charge is 0.324 e. The van der Waals surface area contributed by atoms with Crippen molar-refractivity contribution in [1.29, 1.82) is 0 Å². The number of nitrogens with one attached hydrogen (secondary N) is 1. The Hall–Kier alpha value is -3.49. The smallest absolute Gasteiger partial charge is 0.269 e. The van der Waals surface area contributed by atoms with Crippen molar-refractivity contribution in [2.75, 3.05) is 16.9 Å². The molecule has 1 N–H and O–H groups in total. The fraction of sp³-hybridized carbons (Fsp3) is 0.259. The Labute approximate surface area is 206 Å². The Morgan fingerprint density at radius 1 is 1.11 bits per heavy atom. The molecule has 3 aromatic rings. The number of carbonyl (C=O) groups excluding carboxylic acids is 2. The molecule has 0 aliphatic carbocycles. The maximum Gasteiger partial charge on any atom is 0.269 e. The van der Waals surface area contributed by atoms with Crippen LogP contribution in [0.1, 0.15) is 33.0 Å². The van der Waals surface area contributed by atoms with Crippen molar-refractivity contribution in [3.05, 3.63) is 105 Å². The van der Waals surface area contributed by atoms with E-state index in [9.17, 15) is 19.7 Å². The number of nitro groups is 1. The van der Waals surface area contributed by atoms with Gasteiger partial charge in [-0.15, -0.1) is 11.8 Å². The third kappa shape index (κ3) is 3.10. The molecule has 4 atom stereocenters. The summed E-state index contributed by atoms with van der Waals surface area (Å²) >= 11 is 1.75. The maximum absolute atomic E-state index is 14.3. The number of non-ortho nitro benzene ring substituents is 1. The third-order valence-corrected chi connectivity index (χ3v) is 8.64. The van der Waals surface area contributed by atoms with Gasteiger partial charge < -0.3 is 5.32 Å². The SMILES string of the molecule is Cc1ccc2c(c1)[C@]1(C(=O)N2)[C@H](C(=O)c2ccccc2)[C@H](c2ccc([N+](=O)[O-])cc2)[C@H]2CSCN21. The molecule has 3 heterocycles. The van der Waals surface area contributed by atoms with Crippen molar-refractivity contribution in [2.24, 2.45) is 5.92 Å². The van der Waals surface area contributed by atoms with Gasteiger partial charge in [-0.25, -0.2) is 0 Å². The number of hydrogen-bond acceptors (Lipinski definition) is 6. The van der Waals surface area contributed by atoms with Gasteiger partial charge in [0.25, 0.3) is 5.69 Å². The second kappa shape index (κ2) is 8.03. The van der Waals surface area contributed by atoms with Gasteiger partial charge in [-0.2, -0.15) is 0 Å². The Kier molecular flexibility index (Phi) is 5.05. The van der Waals surface area contributed by atoms with Crippen molar-refractivity contribution in [2.45, 2.75) is 24.4 Å². The molecule has 0 radical (unpaired) electrons. The number of amides is 1. The van der Waals surface area contributed by atoms with Gasteiger partial charge in [0.05, 0.1) is 10.8 Å². The summed E-state index contributed by atoms with van der Waals surface area (Å²) < 4.78 is 0. The van der Waals surface area contributed by atoms with E-state index in [0.29, 0.717) is 11.4 Å². The van der Waals surface area contributed by atoms with Crippen LogP contribution in [0.3, 0.4) is 0 Å². The molecule has 1 spiro atoms. The summed E-state index contributed by atoms with van der Waals surface area (Å²) in [6, 6.07) is 21.4. The molecule has 0 aromatic heterocycles. The highest BCUT2D eigenvalue weighted by molar-refractivity contribution is 7.99. The lowest BCUT2D eigenvalue weighted by Crippen LogP contribution is -2.52. The highest BCUT2D eigenvalue weighted by Crippen LogP contribution is 2.61. The summed E-state index contributed by atoms with van der Waals surface area (Å²) in [6.07, 6.45) is 0. The van der Waals surface area contributed by atoms with Gasteiger partial charge >= 0.3 is 0 Å². The highest BCUT2D eigenvalue weighted by atomic mass is 32.2. The molecule has 0 saturated carbocycles. The predicted molar refractivity (Wildman–Crippen MR) is 135 cm³/mol. The van der Waals surface area contributed by atoms with Gasteiger partial charge in [0.2, 0.25) is 5.91 Å². The van der Waals surface area contributed by atoms with Crippen LogP contribution in [0, 0.1) is 23.0 Å². The monoisotopic (exact) mass is 485 g/mol. The molecule has 35 heavy (non-hydrogen) atoms. The molecule has 1 amide bonds. The highest BCUT2D eigenvalue weighted by Gasteiger charge is 2.69. The first kappa shape index (κ1) is 22.0. The van der Waals surface area contributed by atoms with E-state index in [1.807, 2.05) is 43.3 Å². The molecule has 3 aromatic carbocycles. The number of nitrogens with zero attached hydrogens (tertiary/aromatic N) is 2. The number of carbonyl (C=O) groups is 2. The molecular formula is C27H23N3O4S. The maximum atomic E-state index is 14.3. The molecule has 7 nitrogen and oxygen atoms in total. The van der Waals surface area contributed by atoms with E-state index in [-0.39, 0.29) is 29.3 Å². The van der Waals surface area contributed by atoms with Crippen molar-refractivity contribution in [3.8, 4) is 0 Å². The molecule has 2 fully saturated rings. The van der Waals surface area contributed by atoms with Gasteiger partial charge in [-0.3, -0.25) is 24.6 Å². The number of rotatable bonds is 4. The fourth-order valence-electron chi connectivity index (χ4n) is 6.16. The second-order valence-corrected chi connectivity index (χ2v) is 10.4. The van der Waals surface area contributed by atoms with Crippen molar-refractivity contribution >= 4 is 34.8 Å². The summed E-state index contributed by atoms with van der Waals surface area (Å²) in [5.74, 6) is 0.169. The summed E-state index contributed by atoms with van der Waals surface area (Å²) in [7, 11) is 0. The van der Waals surface area contributed by atoms with Crippen LogP contribution in [-0.2, 0) is 10.3 Å². The van der Waals surface area contributed by atoms with Gasteiger partial charge in [-0.1, -0.05) is 60.2 Å². The lowest BCUT2D eigenvalue weighted by molar-refractivity contribution is -0.384. The fourth-order valence-corrected chi connectivity index (χ4v) is 7.49. The first-order valence-corrected chi connectivity index (χ1v) is 12.7. The number of aryl methyl sites for hydroxylation is 1. The molecule has 3 aliphatic heterocycles. The molecule has 2 saturated heterocycles. The summed E-state index contributed by atoms with van der Waals surface area (Å²) in [6.45, 7) is 1.99. The number of ketones is 1. The van der Waals surface area contributed by atoms with E-state index in [2.05, 4.69) is 10.2 Å². The first-order valence-electron chi connectivity index (χ1n) is 11.5. The Morgan fingerprint density at radius 3 is 2.57 bits per heavy atom. The minimum atomic E-state index is -1.14. The van der Waals surface area contributed by atoms with Gasteiger partial charge in [0, 0.05) is 52.5 Å². The van der Waals surface area contributed by atoms with Crippen LogP contribution in [0.25, 0.3) is 0 Å². The zero-order chi connectivity index (χ0) is 24.3. The normalized spacial score (nSPS) is 27.0. The van der Waals surface area contributed by atoms with Crippen LogP contribution in [0.15, 0.2) is 72.8 Å². The molecule has 8 heteroatoms. The third-order valence-electron chi connectivity index (χ3n) is 7.61. The van der Waals surface area contributed by atoms with Gasteiger partial charge in [-0.05, 0) is 18.6 Å². The van der Waals surface area contributed by atoms with Crippen LogP contribution in [0.5, 0.6) is 0 Å². The van der Waals surface area contributed by atoms with E-state index in [0.717, 1.165) is 28.1 Å².